The number of hydrogen-bond donors (Lipinski definition) is 2. The molecule has 0 aliphatic rings. The molecule has 17 heavy (non-hydrogen) atoms. The maximum absolute atomic E-state index is 11.2. The summed E-state index contributed by atoms with van der Waals surface area (Å²) < 4.78 is 0. The van der Waals surface area contributed by atoms with Crippen molar-refractivity contribution in [2.45, 2.75) is 32.7 Å². The second kappa shape index (κ2) is 6.03. The summed E-state index contributed by atoms with van der Waals surface area (Å²) in [6.45, 7) is 3.66. The third-order valence-corrected chi connectivity index (χ3v) is 2.51. The van der Waals surface area contributed by atoms with Crippen LogP contribution in [0, 0.1) is 6.92 Å². The summed E-state index contributed by atoms with van der Waals surface area (Å²) in [5.41, 5.74) is 2.03. The molecule has 1 aromatic carbocycles. The van der Waals surface area contributed by atoms with E-state index in [9.17, 15) is 9.59 Å². The van der Waals surface area contributed by atoms with E-state index in [2.05, 4.69) is 5.32 Å². The molecule has 1 rings (SSSR count). The van der Waals surface area contributed by atoms with Crippen LogP contribution in [-0.2, 0) is 16.0 Å². The van der Waals surface area contributed by atoms with Gasteiger partial charge in [-0.15, -0.1) is 0 Å². The SMILES string of the molecule is CCC(=O)NC(Cc1ccc(C)cc1)C(=O)O. The molecule has 0 aliphatic heterocycles. The molecular weight excluding hydrogens is 218 g/mol. The highest BCUT2D eigenvalue weighted by molar-refractivity contribution is 5.83. The van der Waals surface area contributed by atoms with Crippen LogP contribution in [0.4, 0.5) is 0 Å². The highest BCUT2D eigenvalue weighted by atomic mass is 16.4. The molecule has 1 atom stereocenters. The Bertz CT molecular complexity index is 398. The number of aliphatic carboxylic acids is 1. The Morgan fingerprint density at radius 3 is 2.35 bits per heavy atom. The van der Waals surface area contributed by atoms with Crippen molar-refractivity contribution in [3.63, 3.8) is 0 Å². The minimum absolute atomic E-state index is 0.246. The molecule has 0 fully saturated rings. The Morgan fingerprint density at radius 2 is 1.88 bits per heavy atom. The Hall–Kier alpha value is -1.84. The maximum atomic E-state index is 11.2. The fourth-order valence-corrected chi connectivity index (χ4v) is 1.46. The lowest BCUT2D eigenvalue weighted by Gasteiger charge is -2.14. The molecule has 4 heteroatoms. The standard InChI is InChI=1S/C13H17NO3/c1-3-12(15)14-11(13(16)17)8-10-6-4-9(2)5-7-10/h4-7,11H,3,8H2,1-2H3,(H,14,15)(H,16,17). The maximum Gasteiger partial charge on any atom is 0.326 e. The van der Waals surface area contributed by atoms with Crippen molar-refractivity contribution in [3.05, 3.63) is 35.4 Å². The van der Waals surface area contributed by atoms with Gasteiger partial charge in [0.05, 0.1) is 0 Å². The lowest BCUT2D eigenvalue weighted by molar-refractivity contribution is -0.141. The molecule has 0 spiro atoms. The number of rotatable bonds is 5. The third kappa shape index (κ3) is 4.26. The van der Waals surface area contributed by atoms with Gasteiger partial charge in [-0.25, -0.2) is 4.79 Å². The van der Waals surface area contributed by atoms with E-state index in [-0.39, 0.29) is 12.3 Å². The lowest BCUT2D eigenvalue weighted by Crippen LogP contribution is -2.42. The van der Waals surface area contributed by atoms with Crippen LogP contribution in [0.1, 0.15) is 24.5 Å². The van der Waals surface area contributed by atoms with Crippen molar-refractivity contribution >= 4 is 11.9 Å². The normalized spacial score (nSPS) is 11.9. The molecule has 0 radical (unpaired) electrons. The average molecular weight is 235 g/mol. The average Bonchev–Trinajstić information content (AvgIpc) is 2.30. The number of hydrogen-bond acceptors (Lipinski definition) is 2. The number of nitrogens with one attached hydrogen (secondary N) is 1. The first-order chi connectivity index (χ1) is 8.02. The molecule has 2 N–H and O–H groups in total. The Morgan fingerprint density at radius 1 is 1.29 bits per heavy atom. The summed E-state index contributed by atoms with van der Waals surface area (Å²) in [5.74, 6) is -1.25. The van der Waals surface area contributed by atoms with E-state index in [4.69, 9.17) is 5.11 Å². The summed E-state index contributed by atoms with van der Waals surface area (Å²) in [6, 6.07) is 6.75. The predicted octanol–water partition coefficient (Wildman–Crippen LogP) is 1.52. The zero-order valence-corrected chi connectivity index (χ0v) is 10.1. The smallest absolute Gasteiger partial charge is 0.326 e. The Kier molecular flexibility index (Phi) is 4.69. The van der Waals surface area contributed by atoms with Crippen molar-refractivity contribution in [3.8, 4) is 0 Å². The summed E-state index contributed by atoms with van der Waals surface area (Å²) >= 11 is 0. The zero-order valence-electron chi connectivity index (χ0n) is 10.1. The van der Waals surface area contributed by atoms with Gasteiger partial charge in [0.25, 0.3) is 0 Å². The van der Waals surface area contributed by atoms with Crippen molar-refractivity contribution in [1.29, 1.82) is 0 Å². The molecule has 0 heterocycles. The van der Waals surface area contributed by atoms with Gasteiger partial charge in [-0.05, 0) is 12.5 Å². The molecule has 4 nitrogen and oxygen atoms in total. The quantitative estimate of drug-likeness (QED) is 0.813. The fraction of sp³-hybridized carbons (Fsp3) is 0.385. The number of carboxylic acid groups (broad SMARTS) is 1. The minimum Gasteiger partial charge on any atom is -0.480 e. The van der Waals surface area contributed by atoms with Gasteiger partial charge < -0.3 is 10.4 Å². The molecule has 0 saturated heterocycles. The monoisotopic (exact) mass is 235 g/mol. The van der Waals surface area contributed by atoms with Gasteiger partial charge in [-0.2, -0.15) is 0 Å². The first-order valence-electron chi connectivity index (χ1n) is 5.60. The first kappa shape index (κ1) is 13.2. The number of benzene rings is 1. The number of carbonyl (C=O) groups is 2. The summed E-state index contributed by atoms with van der Waals surface area (Å²) in [6.07, 6.45) is 0.596. The van der Waals surface area contributed by atoms with Crippen LogP contribution in [0.15, 0.2) is 24.3 Å². The van der Waals surface area contributed by atoms with E-state index in [0.29, 0.717) is 6.42 Å². The second-order valence-electron chi connectivity index (χ2n) is 4.00. The fourth-order valence-electron chi connectivity index (χ4n) is 1.46. The van der Waals surface area contributed by atoms with E-state index in [1.54, 1.807) is 6.92 Å². The molecule has 92 valence electrons. The number of carboxylic acids is 1. The number of aryl methyl sites for hydroxylation is 1. The molecule has 0 bridgehead atoms. The Labute approximate surface area is 101 Å². The summed E-state index contributed by atoms with van der Waals surface area (Å²) in [5, 5.41) is 11.5. The van der Waals surface area contributed by atoms with E-state index in [1.807, 2.05) is 31.2 Å². The summed E-state index contributed by atoms with van der Waals surface area (Å²) in [4.78, 5) is 22.2. The highest BCUT2D eigenvalue weighted by Crippen LogP contribution is 2.06. The van der Waals surface area contributed by atoms with Crippen LogP contribution in [0.25, 0.3) is 0 Å². The van der Waals surface area contributed by atoms with Crippen LogP contribution in [0.3, 0.4) is 0 Å². The van der Waals surface area contributed by atoms with Crippen molar-refractivity contribution < 1.29 is 14.7 Å². The van der Waals surface area contributed by atoms with Crippen molar-refractivity contribution in [2.75, 3.05) is 0 Å². The van der Waals surface area contributed by atoms with Crippen LogP contribution in [0.2, 0.25) is 0 Å². The van der Waals surface area contributed by atoms with Gasteiger partial charge >= 0.3 is 5.97 Å². The van der Waals surface area contributed by atoms with Crippen LogP contribution < -0.4 is 5.32 Å². The second-order valence-corrected chi connectivity index (χ2v) is 4.00. The number of carbonyl (C=O) groups excluding carboxylic acids is 1. The molecule has 1 aromatic rings. The lowest BCUT2D eigenvalue weighted by atomic mass is 10.0. The van der Waals surface area contributed by atoms with Gasteiger partial charge in [0, 0.05) is 12.8 Å². The molecule has 1 amide bonds. The molecule has 0 aliphatic carbocycles. The van der Waals surface area contributed by atoms with Gasteiger partial charge in [-0.1, -0.05) is 36.8 Å². The predicted molar refractivity (Wildman–Crippen MR) is 64.7 cm³/mol. The van der Waals surface area contributed by atoms with Crippen LogP contribution in [-0.4, -0.2) is 23.0 Å². The van der Waals surface area contributed by atoms with Crippen molar-refractivity contribution in [1.82, 2.24) is 5.32 Å². The van der Waals surface area contributed by atoms with E-state index >= 15 is 0 Å². The van der Waals surface area contributed by atoms with E-state index in [0.717, 1.165) is 11.1 Å². The van der Waals surface area contributed by atoms with Gasteiger partial charge in [0.15, 0.2) is 0 Å². The zero-order chi connectivity index (χ0) is 12.8. The summed E-state index contributed by atoms with van der Waals surface area (Å²) in [7, 11) is 0. The molecule has 0 saturated carbocycles. The molecule has 0 aromatic heterocycles. The van der Waals surface area contributed by atoms with E-state index in [1.165, 1.54) is 0 Å². The molecular formula is C13H17NO3. The van der Waals surface area contributed by atoms with Gasteiger partial charge in [0.2, 0.25) is 5.91 Å². The number of amides is 1. The van der Waals surface area contributed by atoms with Crippen LogP contribution >= 0.6 is 0 Å². The van der Waals surface area contributed by atoms with Gasteiger partial charge in [-0.3, -0.25) is 4.79 Å². The minimum atomic E-state index is -1.01. The van der Waals surface area contributed by atoms with E-state index < -0.39 is 12.0 Å². The highest BCUT2D eigenvalue weighted by Gasteiger charge is 2.19. The Balaban J connectivity index is 2.70. The van der Waals surface area contributed by atoms with Gasteiger partial charge in [0.1, 0.15) is 6.04 Å². The van der Waals surface area contributed by atoms with Crippen LogP contribution in [0.5, 0.6) is 0 Å². The topological polar surface area (TPSA) is 66.4 Å². The third-order valence-electron chi connectivity index (χ3n) is 2.51. The van der Waals surface area contributed by atoms with Crippen molar-refractivity contribution in [2.24, 2.45) is 0 Å². The first-order valence-corrected chi connectivity index (χ1v) is 5.60. The molecule has 1 unspecified atom stereocenters. The largest absolute Gasteiger partial charge is 0.480 e.